The van der Waals surface area contributed by atoms with Crippen LogP contribution in [0, 0.1) is 13.8 Å². The highest BCUT2D eigenvalue weighted by atomic mass is 15.1. The van der Waals surface area contributed by atoms with Crippen LogP contribution in [-0.4, -0.2) is 29.1 Å². The molecule has 1 aliphatic heterocycles. The Hall–Kier alpha value is -1.16. The normalized spacial score (nSPS) is 21.5. The zero-order valence-electron chi connectivity index (χ0n) is 10.1. The van der Waals surface area contributed by atoms with E-state index in [9.17, 15) is 0 Å². The van der Waals surface area contributed by atoms with Crippen molar-refractivity contribution in [2.75, 3.05) is 18.4 Å². The van der Waals surface area contributed by atoms with Crippen LogP contribution >= 0.6 is 0 Å². The van der Waals surface area contributed by atoms with Gasteiger partial charge >= 0.3 is 0 Å². The van der Waals surface area contributed by atoms with Gasteiger partial charge in [0.1, 0.15) is 11.6 Å². The summed E-state index contributed by atoms with van der Waals surface area (Å²) < 4.78 is 0. The van der Waals surface area contributed by atoms with E-state index in [0.29, 0.717) is 6.04 Å². The van der Waals surface area contributed by atoms with Crippen molar-refractivity contribution < 1.29 is 0 Å². The third kappa shape index (κ3) is 3.17. The van der Waals surface area contributed by atoms with E-state index in [-0.39, 0.29) is 0 Å². The summed E-state index contributed by atoms with van der Waals surface area (Å²) in [6.45, 7) is 6.11. The van der Waals surface area contributed by atoms with E-state index in [1.165, 1.54) is 19.3 Å². The molecule has 4 nitrogen and oxygen atoms in total. The van der Waals surface area contributed by atoms with E-state index in [1.807, 2.05) is 19.9 Å². The Labute approximate surface area is 96.9 Å². The SMILES string of the molecule is Cc1cc(NC2CCCCNC2)nc(C)n1. The molecule has 0 radical (unpaired) electrons. The van der Waals surface area contributed by atoms with Gasteiger partial charge in [-0.25, -0.2) is 9.97 Å². The summed E-state index contributed by atoms with van der Waals surface area (Å²) in [5.41, 5.74) is 1.02. The van der Waals surface area contributed by atoms with Crippen LogP contribution in [-0.2, 0) is 0 Å². The molecule has 2 N–H and O–H groups in total. The highest BCUT2D eigenvalue weighted by molar-refractivity contribution is 5.37. The molecule has 16 heavy (non-hydrogen) atoms. The average Bonchev–Trinajstić information content (AvgIpc) is 2.44. The van der Waals surface area contributed by atoms with E-state index >= 15 is 0 Å². The van der Waals surface area contributed by atoms with Crippen molar-refractivity contribution >= 4 is 5.82 Å². The first kappa shape index (κ1) is 11.3. The van der Waals surface area contributed by atoms with E-state index in [1.54, 1.807) is 0 Å². The maximum absolute atomic E-state index is 4.41. The number of hydrogen-bond acceptors (Lipinski definition) is 4. The number of aromatic nitrogens is 2. The summed E-state index contributed by atoms with van der Waals surface area (Å²) in [5, 5.41) is 6.93. The molecule has 1 unspecified atom stereocenters. The first-order valence-electron chi connectivity index (χ1n) is 6.03. The zero-order chi connectivity index (χ0) is 11.4. The molecule has 1 saturated heterocycles. The molecule has 0 saturated carbocycles. The first-order valence-corrected chi connectivity index (χ1v) is 6.03. The molecule has 0 amide bonds. The minimum Gasteiger partial charge on any atom is -0.366 e. The minimum atomic E-state index is 0.496. The fourth-order valence-electron chi connectivity index (χ4n) is 2.14. The number of hydrogen-bond donors (Lipinski definition) is 2. The lowest BCUT2D eigenvalue weighted by Crippen LogP contribution is -2.31. The second-order valence-corrected chi connectivity index (χ2v) is 4.48. The predicted octanol–water partition coefficient (Wildman–Crippen LogP) is 1.65. The third-order valence-electron chi connectivity index (χ3n) is 2.86. The lowest BCUT2D eigenvalue weighted by molar-refractivity contribution is 0.633. The summed E-state index contributed by atoms with van der Waals surface area (Å²) in [5.74, 6) is 1.79. The van der Waals surface area contributed by atoms with E-state index in [2.05, 4.69) is 20.6 Å². The van der Waals surface area contributed by atoms with E-state index < -0.39 is 0 Å². The predicted molar refractivity (Wildman–Crippen MR) is 65.6 cm³/mol. The summed E-state index contributed by atoms with van der Waals surface area (Å²) in [6, 6.07) is 2.51. The molecule has 1 fully saturated rings. The average molecular weight is 220 g/mol. The number of nitrogens with zero attached hydrogens (tertiary/aromatic N) is 2. The van der Waals surface area contributed by atoms with Gasteiger partial charge in [-0.3, -0.25) is 0 Å². The molecular formula is C12H20N4. The molecule has 88 valence electrons. The number of aryl methyl sites for hydroxylation is 2. The highest BCUT2D eigenvalue weighted by Gasteiger charge is 2.12. The fraction of sp³-hybridized carbons (Fsp3) is 0.667. The second kappa shape index (κ2) is 5.25. The maximum Gasteiger partial charge on any atom is 0.130 e. The molecule has 4 heteroatoms. The zero-order valence-corrected chi connectivity index (χ0v) is 10.1. The lowest BCUT2D eigenvalue weighted by Gasteiger charge is -2.17. The Bertz CT molecular complexity index is 323. The summed E-state index contributed by atoms with van der Waals surface area (Å²) in [7, 11) is 0. The van der Waals surface area contributed by atoms with Gasteiger partial charge in [0.15, 0.2) is 0 Å². The number of nitrogens with one attached hydrogen (secondary N) is 2. The van der Waals surface area contributed by atoms with E-state index in [4.69, 9.17) is 0 Å². The van der Waals surface area contributed by atoms with Gasteiger partial charge in [0.05, 0.1) is 0 Å². The van der Waals surface area contributed by atoms with Crippen molar-refractivity contribution in [2.45, 2.75) is 39.2 Å². The van der Waals surface area contributed by atoms with Crippen molar-refractivity contribution in [3.63, 3.8) is 0 Å². The Morgan fingerprint density at radius 1 is 1.31 bits per heavy atom. The third-order valence-corrected chi connectivity index (χ3v) is 2.86. The summed E-state index contributed by atoms with van der Waals surface area (Å²) >= 11 is 0. The van der Waals surface area contributed by atoms with Crippen LogP contribution in [0.2, 0.25) is 0 Å². The molecule has 2 heterocycles. The van der Waals surface area contributed by atoms with Crippen LogP contribution < -0.4 is 10.6 Å². The van der Waals surface area contributed by atoms with Crippen LogP contribution in [0.5, 0.6) is 0 Å². The maximum atomic E-state index is 4.41. The van der Waals surface area contributed by atoms with Crippen molar-refractivity contribution in [2.24, 2.45) is 0 Å². The molecular weight excluding hydrogens is 200 g/mol. The smallest absolute Gasteiger partial charge is 0.130 e. The molecule has 0 aromatic carbocycles. The quantitative estimate of drug-likeness (QED) is 0.795. The Kier molecular flexibility index (Phi) is 3.72. The van der Waals surface area contributed by atoms with Crippen molar-refractivity contribution in [1.29, 1.82) is 0 Å². The Morgan fingerprint density at radius 2 is 2.19 bits per heavy atom. The molecule has 1 aromatic rings. The second-order valence-electron chi connectivity index (χ2n) is 4.48. The van der Waals surface area contributed by atoms with Crippen LogP contribution in [0.25, 0.3) is 0 Å². The number of anilines is 1. The molecule has 0 spiro atoms. The fourth-order valence-corrected chi connectivity index (χ4v) is 2.14. The lowest BCUT2D eigenvalue weighted by atomic mass is 10.1. The minimum absolute atomic E-state index is 0.496. The van der Waals surface area contributed by atoms with Gasteiger partial charge in [0.25, 0.3) is 0 Å². The Balaban J connectivity index is 2.01. The van der Waals surface area contributed by atoms with Crippen LogP contribution in [0.4, 0.5) is 5.82 Å². The largest absolute Gasteiger partial charge is 0.366 e. The van der Waals surface area contributed by atoms with Gasteiger partial charge in [-0.05, 0) is 33.2 Å². The van der Waals surface area contributed by atoms with Crippen LogP contribution in [0.1, 0.15) is 30.8 Å². The molecule has 2 rings (SSSR count). The first-order chi connectivity index (χ1) is 7.74. The van der Waals surface area contributed by atoms with Gasteiger partial charge in [-0.2, -0.15) is 0 Å². The molecule has 1 atom stereocenters. The molecule has 0 bridgehead atoms. The Morgan fingerprint density at radius 3 is 3.00 bits per heavy atom. The molecule has 1 aliphatic rings. The van der Waals surface area contributed by atoms with Crippen LogP contribution in [0.3, 0.4) is 0 Å². The van der Waals surface area contributed by atoms with Crippen molar-refractivity contribution in [3.05, 3.63) is 17.6 Å². The van der Waals surface area contributed by atoms with Crippen molar-refractivity contribution in [1.82, 2.24) is 15.3 Å². The summed E-state index contributed by atoms with van der Waals surface area (Å²) in [4.78, 5) is 8.69. The van der Waals surface area contributed by atoms with Gasteiger partial charge in [0.2, 0.25) is 0 Å². The van der Waals surface area contributed by atoms with Crippen LogP contribution in [0.15, 0.2) is 6.07 Å². The summed E-state index contributed by atoms with van der Waals surface area (Å²) in [6.07, 6.45) is 3.78. The number of rotatable bonds is 2. The van der Waals surface area contributed by atoms with E-state index in [0.717, 1.165) is 30.4 Å². The van der Waals surface area contributed by atoms with Gasteiger partial charge in [0, 0.05) is 24.3 Å². The monoisotopic (exact) mass is 220 g/mol. The molecule has 0 aliphatic carbocycles. The standard InChI is InChI=1S/C12H20N4/c1-9-7-12(15-10(2)14-9)16-11-5-3-4-6-13-8-11/h7,11,13H,3-6,8H2,1-2H3,(H,14,15,16). The highest BCUT2D eigenvalue weighted by Crippen LogP contribution is 2.12. The topological polar surface area (TPSA) is 49.8 Å². The van der Waals surface area contributed by atoms with Gasteiger partial charge < -0.3 is 10.6 Å². The van der Waals surface area contributed by atoms with Gasteiger partial charge in [-0.15, -0.1) is 0 Å². The van der Waals surface area contributed by atoms with Gasteiger partial charge in [-0.1, -0.05) is 6.42 Å². The molecule has 1 aromatic heterocycles. The van der Waals surface area contributed by atoms with Crippen molar-refractivity contribution in [3.8, 4) is 0 Å².